The zero-order chi connectivity index (χ0) is 20.2. The van der Waals surface area contributed by atoms with Gasteiger partial charge in [0, 0.05) is 22.3 Å². The first-order valence-corrected chi connectivity index (χ1v) is 10.1. The molecule has 2 nitrogen and oxygen atoms in total. The molecule has 4 aromatic rings. The number of carbonyl (C=O) groups excluding carboxylic acids is 1. The summed E-state index contributed by atoms with van der Waals surface area (Å²) in [5.41, 5.74) is 9.56. The third kappa shape index (κ3) is 2.28. The van der Waals surface area contributed by atoms with E-state index in [4.69, 9.17) is 0 Å². The minimum atomic E-state index is 0.0483. The standard InChI is InChI=1S/C28H18O2/c29-24-15-7-9-18-16-17-8-1-2-10-19(17)27(25(18)24)26-20-11-3-5-13-22(20)28(30)23-14-6-4-12-21(23)26/h1-15,29H,16H2. The molecular weight excluding hydrogens is 368 g/mol. The number of fused-ring (bicyclic) bond motifs is 4. The highest BCUT2D eigenvalue weighted by Crippen LogP contribution is 2.48. The van der Waals surface area contributed by atoms with Crippen LogP contribution in [0.1, 0.15) is 49.3 Å². The number of hydrogen-bond donors (Lipinski definition) is 1. The van der Waals surface area contributed by atoms with E-state index in [-0.39, 0.29) is 11.5 Å². The second kappa shape index (κ2) is 6.30. The third-order valence-corrected chi connectivity index (χ3v) is 6.18. The molecule has 0 aromatic heterocycles. The molecule has 2 aliphatic rings. The number of phenols is 1. The maximum Gasteiger partial charge on any atom is 0.194 e. The highest BCUT2D eigenvalue weighted by molar-refractivity contribution is 6.23. The van der Waals surface area contributed by atoms with E-state index in [9.17, 15) is 9.90 Å². The predicted octanol–water partition coefficient (Wildman–Crippen LogP) is 5.85. The number of aromatic hydroxyl groups is 1. The molecule has 6 rings (SSSR count). The van der Waals surface area contributed by atoms with Gasteiger partial charge in [0.25, 0.3) is 0 Å². The fourth-order valence-electron chi connectivity index (χ4n) is 4.90. The van der Waals surface area contributed by atoms with Crippen LogP contribution in [0.5, 0.6) is 5.75 Å². The van der Waals surface area contributed by atoms with Crippen LogP contribution in [-0.4, -0.2) is 10.9 Å². The van der Waals surface area contributed by atoms with Crippen molar-refractivity contribution in [2.75, 3.05) is 0 Å². The SMILES string of the molecule is O=C1c2ccccc2C(=C2c3ccccc3Cc3cccc(O)c32)c2ccccc21. The molecule has 0 spiro atoms. The minimum absolute atomic E-state index is 0.0483. The Kier molecular flexibility index (Phi) is 3.57. The molecule has 0 unspecified atom stereocenters. The minimum Gasteiger partial charge on any atom is -0.507 e. The summed E-state index contributed by atoms with van der Waals surface area (Å²) in [5.74, 6) is 0.323. The van der Waals surface area contributed by atoms with Crippen molar-refractivity contribution in [2.45, 2.75) is 6.42 Å². The van der Waals surface area contributed by atoms with Gasteiger partial charge in [0.1, 0.15) is 5.75 Å². The summed E-state index contributed by atoms with van der Waals surface area (Å²) in [5, 5.41) is 10.9. The van der Waals surface area contributed by atoms with E-state index in [1.807, 2.05) is 60.7 Å². The first kappa shape index (κ1) is 17.0. The molecule has 4 aromatic carbocycles. The lowest BCUT2D eigenvalue weighted by atomic mass is 9.73. The van der Waals surface area contributed by atoms with Crippen molar-refractivity contribution in [1.82, 2.24) is 0 Å². The number of phenolic OH excluding ortho intramolecular Hbond substituents is 1. The van der Waals surface area contributed by atoms with Gasteiger partial charge in [-0.1, -0.05) is 84.9 Å². The molecule has 0 saturated heterocycles. The van der Waals surface area contributed by atoms with Gasteiger partial charge in [-0.3, -0.25) is 4.79 Å². The maximum absolute atomic E-state index is 13.2. The monoisotopic (exact) mass is 386 g/mol. The van der Waals surface area contributed by atoms with E-state index in [1.54, 1.807) is 6.07 Å². The Morgan fingerprint density at radius 3 is 1.73 bits per heavy atom. The van der Waals surface area contributed by atoms with Crippen LogP contribution >= 0.6 is 0 Å². The van der Waals surface area contributed by atoms with Crippen molar-refractivity contribution in [3.63, 3.8) is 0 Å². The zero-order valence-electron chi connectivity index (χ0n) is 16.2. The fraction of sp³-hybridized carbons (Fsp3) is 0.0357. The lowest BCUT2D eigenvalue weighted by molar-refractivity contribution is 0.103. The Morgan fingerprint density at radius 2 is 1.07 bits per heavy atom. The molecular formula is C28H18O2. The van der Waals surface area contributed by atoms with Gasteiger partial charge in [-0.2, -0.15) is 0 Å². The van der Waals surface area contributed by atoms with Gasteiger partial charge in [0.2, 0.25) is 0 Å². The molecule has 0 saturated carbocycles. The average molecular weight is 386 g/mol. The Morgan fingerprint density at radius 1 is 0.533 bits per heavy atom. The summed E-state index contributed by atoms with van der Waals surface area (Å²) in [7, 11) is 0. The topological polar surface area (TPSA) is 37.3 Å². The van der Waals surface area contributed by atoms with Gasteiger partial charge >= 0.3 is 0 Å². The van der Waals surface area contributed by atoms with Gasteiger partial charge in [-0.25, -0.2) is 0 Å². The second-order valence-electron chi connectivity index (χ2n) is 7.82. The highest BCUT2D eigenvalue weighted by atomic mass is 16.3. The zero-order valence-corrected chi connectivity index (χ0v) is 16.2. The number of benzene rings is 4. The van der Waals surface area contributed by atoms with E-state index in [2.05, 4.69) is 24.3 Å². The molecule has 142 valence electrons. The quantitative estimate of drug-likeness (QED) is 0.356. The van der Waals surface area contributed by atoms with Gasteiger partial charge in [0.05, 0.1) is 0 Å². The normalized spacial score (nSPS) is 13.9. The molecule has 0 bridgehead atoms. The Hall–Kier alpha value is -3.91. The van der Waals surface area contributed by atoms with Crippen LogP contribution in [0.25, 0.3) is 11.1 Å². The smallest absolute Gasteiger partial charge is 0.194 e. The van der Waals surface area contributed by atoms with Crippen LogP contribution in [-0.2, 0) is 6.42 Å². The molecule has 30 heavy (non-hydrogen) atoms. The lowest BCUT2D eigenvalue weighted by Crippen LogP contribution is -2.17. The van der Waals surface area contributed by atoms with E-state index in [1.165, 1.54) is 5.56 Å². The fourth-order valence-corrected chi connectivity index (χ4v) is 4.90. The van der Waals surface area contributed by atoms with E-state index in [0.717, 1.165) is 45.4 Å². The lowest BCUT2D eigenvalue weighted by Gasteiger charge is -2.30. The van der Waals surface area contributed by atoms with Crippen LogP contribution in [0.3, 0.4) is 0 Å². The summed E-state index contributed by atoms with van der Waals surface area (Å²) >= 11 is 0. The highest BCUT2D eigenvalue weighted by Gasteiger charge is 2.32. The van der Waals surface area contributed by atoms with Gasteiger partial charge in [-0.05, 0) is 45.9 Å². The van der Waals surface area contributed by atoms with Crippen molar-refractivity contribution in [2.24, 2.45) is 0 Å². The maximum atomic E-state index is 13.2. The van der Waals surface area contributed by atoms with Crippen molar-refractivity contribution < 1.29 is 9.90 Å². The van der Waals surface area contributed by atoms with Crippen LogP contribution in [0.15, 0.2) is 91.0 Å². The van der Waals surface area contributed by atoms with Crippen molar-refractivity contribution in [1.29, 1.82) is 0 Å². The summed E-state index contributed by atoms with van der Waals surface area (Å²) in [6.45, 7) is 0. The molecule has 0 aliphatic heterocycles. The van der Waals surface area contributed by atoms with Crippen molar-refractivity contribution in [3.05, 3.63) is 136 Å². The van der Waals surface area contributed by atoms with Gasteiger partial charge < -0.3 is 5.11 Å². The van der Waals surface area contributed by atoms with E-state index in [0.29, 0.717) is 11.1 Å². The van der Waals surface area contributed by atoms with Crippen LogP contribution in [0, 0.1) is 0 Å². The molecule has 2 aliphatic carbocycles. The summed E-state index contributed by atoms with van der Waals surface area (Å²) in [4.78, 5) is 13.2. The van der Waals surface area contributed by atoms with Crippen molar-refractivity contribution in [3.8, 4) is 5.75 Å². The Labute approximate surface area is 174 Å². The average Bonchev–Trinajstić information content (AvgIpc) is 2.79. The Balaban J connectivity index is 1.84. The first-order chi connectivity index (χ1) is 14.7. The first-order valence-electron chi connectivity index (χ1n) is 10.1. The predicted molar refractivity (Wildman–Crippen MR) is 119 cm³/mol. The molecule has 0 atom stereocenters. The number of ketones is 1. The van der Waals surface area contributed by atoms with Gasteiger partial charge in [-0.15, -0.1) is 0 Å². The number of rotatable bonds is 0. The summed E-state index contributed by atoms with van der Waals surface area (Å²) in [6, 6.07) is 29.7. The van der Waals surface area contributed by atoms with Crippen LogP contribution in [0.2, 0.25) is 0 Å². The molecule has 1 N–H and O–H groups in total. The summed E-state index contributed by atoms with van der Waals surface area (Å²) in [6.07, 6.45) is 0.777. The molecule has 0 heterocycles. The molecule has 0 amide bonds. The molecule has 2 heteroatoms. The largest absolute Gasteiger partial charge is 0.507 e. The van der Waals surface area contributed by atoms with Gasteiger partial charge in [0.15, 0.2) is 5.78 Å². The molecule has 0 fully saturated rings. The number of carbonyl (C=O) groups is 1. The van der Waals surface area contributed by atoms with Crippen LogP contribution in [0.4, 0.5) is 0 Å². The summed E-state index contributed by atoms with van der Waals surface area (Å²) < 4.78 is 0. The molecule has 0 radical (unpaired) electrons. The van der Waals surface area contributed by atoms with Crippen LogP contribution < -0.4 is 0 Å². The van der Waals surface area contributed by atoms with Crippen molar-refractivity contribution >= 4 is 16.9 Å². The van der Waals surface area contributed by atoms with E-state index >= 15 is 0 Å². The Bertz CT molecular complexity index is 1340. The second-order valence-corrected chi connectivity index (χ2v) is 7.82. The third-order valence-electron chi connectivity index (χ3n) is 6.18. The number of hydrogen-bond acceptors (Lipinski definition) is 2. The van der Waals surface area contributed by atoms with E-state index < -0.39 is 0 Å².